The Balaban J connectivity index is 0.817. The molecule has 0 spiro atoms. The number of nitrogens with zero attached hydrogens (tertiary/aromatic N) is 8. The molecule has 7 aromatic heterocycles. The lowest BCUT2D eigenvalue weighted by molar-refractivity contribution is 0.393. The van der Waals surface area contributed by atoms with E-state index in [4.69, 9.17) is 5.10 Å². The summed E-state index contributed by atoms with van der Waals surface area (Å²) in [5, 5.41) is 12.8. The van der Waals surface area contributed by atoms with Crippen LogP contribution in [-0.4, -0.2) is 98.3 Å². The summed E-state index contributed by atoms with van der Waals surface area (Å²) in [6.45, 7) is 6.22. The molecule has 11 rings (SSSR count). The van der Waals surface area contributed by atoms with Gasteiger partial charge in [-0.2, -0.15) is 5.10 Å². The van der Waals surface area contributed by atoms with Crippen LogP contribution in [0.2, 0.25) is 0 Å². The fourth-order valence-corrected chi connectivity index (χ4v) is 10.1. The van der Waals surface area contributed by atoms with E-state index in [-0.39, 0.29) is 11.6 Å². The Kier molecular flexibility index (Phi) is 13.8. The zero-order chi connectivity index (χ0) is 52.5. The standard InChI is InChI=1S/C62H58F2N12/c1-38(58-29-51-54(34-67-36-60(51)69-58)44-20-39(22-47(63)24-44)10-8-18-74(2)3)50-27-41(43-12-7-17-65-31-43)14-16-57(50)73-76(6)19-9-11-40-21-45(25-48(64)23-40)55-35-68-37-61-52(55)30-59(70-61)62-53-28-42(13-15-56(53)71-72-62)46-26-49(75(4)5)33-66-32-46/h7,12-17,20-37,69-70,73H,1,8-11,18-19H2,2-6H3,(H,71,72). The van der Waals surface area contributed by atoms with Crippen LogP contribution in [0.5, 0.6) is 0 Å². The van der Waals surface area contributed by atoms with Gasteiger partial charge in [0, 0.05) is 114 Å². The number of H-pyrrole nitrogens is 3. The summed E-state index contributed by atoms with van der Waals surface area (Å²) in [7, 11) is 10.1. The van der Waals surface area contributed by atoms with Gasteiger partial charge in [0.05, 0.1) is 52.2 Å². The van der Waals surface area contributed by atoms with Gasteiger partial charge >= 0.3 is 0 Å². The minimum absolute atomic E-state index is 0.267. The monoisotopic (exact) mass is 1010 g/mol. The highest BCUT2D eigenvalue weighted by Gasteiger charge is 2.19. The van der Waals surface area contributed by atoms with E-state index in [9.17, 15) is 0 Å². The molecule has 0 unspecified atom stereocenters. The molecule has 11 aromatic rings. The number of pyridine rings is 4. The minimum Gasteiger partial charge on any atom is -0.376 e. The third kappa shape index (κ3) is 10.5. The average Bonchev–Trinajstić information content (AvgIpc) is 4.18. The summed E-state index contributed by atoms with van der Waals surface area (Å²) in [6, 6.07) is 33.3. The number of hydrazine groups is 1. The van der Waals surface area contributed by atoms with Crippen molar-refractivity contribution >= 4 is 49.7 Å². The molecule has 0 aliphatic rings. The molecule has 14 heteroatoms. The Morgan fingerprint density at radius 3 is 1.92 bits per heavy atom. The highest BCUT2D eigenvalue weighted by atomic mass is 19.1. The molecular weight excluding hydrogens is 951 g/mol. The third-order valence-corrected chi connectivity index (χ3v) is 14.0. The Bertz CT molecular complexity index is 3910. The molecule has 0 aliphatic carbocycles. The fraction of sp³-hybridized carbons (Fsp3) is 0.177. The number of aromatic amines is 3. The largest absolute Gasteiger partial charge is 0.376 e. The van der Waals surface area contributed by atoms with E-state index >= 15 is 8.78 Å². The van der Waals surface area contributed by atoms with Crippen LogP contribution in [0.15, 0.2) is 159 Å². The van der Waals surface area contributed by atoms with E-state index in [0.29, 0.717) is 13.0 Å². The number of benzene rings is 4. The van der Waals surface area contributed by atoms with Gasteiger partial charge in [0.2, 0.25) is 0 Å². The van der Waals surface area contributed by atoms with Crippen LogP contribution in [0, 0.1) is 11.6 Å². The summed E-state index contributed by atoms with van der Waals surface area (Å²) < 4.78 is 30.7. The van der Waals surface area contributed by atoms with Gasteiger partial charge < -0.3 is 25.2 Å². The van der Waals surface area contributed by atoms with Crippen LogP contribution < -0.4 is 10.3 Å². The first-order chi connectivity index (χ1) is 36.9. The van der Waals surface area contributed by atoms with Gasteiger partial charge in [-0.05, 0) is 153 Å². The maximum atomic E-state index is 15.6. The summed E-state index contributed by atoms with van der Waals surface area (Å²) in [6.07, 6.45) is 17.6. The first kappa shape index (κ1) is 49.4. The van der Waals surface area contributed by atoms with E-state index in [1.165, 1.54) is 0 Å². The van der Waals surface area contributed by atoms with Gasteiger partial charge in [0.1, 0.15) is 17.3 Å². The van der Waals surface area contributed by atoms with Crippen LogP contribution in [0.3, 0.4) is 0 Å². The van der Waals surface area contributed by atoms with Crippen molar-refractivity contribution in [3.63, 3.8) is 0 Å². The molecule has 7 heterocycles. The van der Waals surface area contributed by atoms with Gasteiger partial charge in [-0.1, -0.05) is 36.9 Å². The first-order valence-corrected chi connectivity index (χ1v) is 25.4. The topological polar surface area (TPSA) is 134 Å². The number of nitrogens with one attached hydrogen (secondary N) is 4. The Hall–Kier alpha value is -8.85. The van der Waals surface area contributed by atoms with Gasteiger partial charge in [0.15, 0.2) is 0 Å². The molecule has 76 heavy (non-hydrogen) atoms. The van der Waals surface area contributed by atoms with Crippen LogP contribution in [0.1, 0.15) is 35.2 Å². The average molecular weight is 1010 g/mol. The highest BCUT2D eigenvalue weighted by Crippen LogP contribution is 2.38. The highest BCUT2D eigenvalue weighted by molar-refractivity contribution is 6.02. The van der Waals surface area contributed by atoms with Crippen molar-refractivity contribution in [3.05, 3.63) is 193 Å². The smallest absolute Gasteiger partial charge is 0.124 e. The number of aromatic nitrogens is 8. The SMILES string of the molecule is C=C(c1cc2c(-c3cc(F)cc(CCCN(C)C)c3)cncc2[nH]1)c1cc(-c2cccnc2)ccc1NN(C)CCCc1cc(F)cc(-c2cncc3[nH]c(-c4n[nH]c5ccc(-c6cncc(N(C)C)c6)cc45)cc23)c1. The molecule has 380 valence electrons. The normalized spacial score (nSPS) is 11.7. The second-order valence-corrected chi connectivity index (χ2v) is 20.0. The molecule has 0 aliphatic heterocycles. The summed E-state index contributed by atoms with van der Waals surface area (Å²) in [5.74, 6) is -0.574. The Morgan fingerprint density at radius 2 is 1.22 bits per heavy atom. The maximum Gasteiger partial charge on any atom is 0.124 e. The number of halogens is 2. The van der Waals surface area contributed by atoms with E-state index in [1.54, 1.807) is 55.2 Å². The van der Waals surface area contributed by atoms with E-state index in [0.717, 1.165) is 154 Å². The van der Waals surface area contributed by atoms with Gasteiger partial charge in [-0.15, -0.1) is 0 Å². The van der Waals surface area contributed by atoms with Crippen LogP contribution >= 0.6 is 0 Å². The zero-order valence-corrected chi connectivity index (χ0v) is 43.2. The number of hydrogen-bond donors (Lipinski definition) is 4. The van der Waals surface area contributed by atoms with Crippen LogP contribution in [0.4, 0.5) is 20.2 Å². The molecule has 0 fully saturated rings. The molecule has 0 radical (unpaired) electrons. The van der Waals surface area contributed by atoms with E-state index < -0.39 is 0 Å². The Morgan fingerprint density at radius 1 is 0.566 bits per heavy atom. The van der Waals surface area contributed by atoms with Crippen molar-refractivity contribution < 1.29 is 8.78 Å². The fourth-order valence-electron chi connectivity index (χ4n) is 10.1. The van der Waals surface area contributed by atoms with E-state index in [2.05, 4.69) is 118 Å². The number of rotatable bonds is 18. The predicted octanol–water partition coefficient (Wildman–Crippen LogP) is 13.2. The molecule has 4 N–H and O–H groups in total. The van der Waals surface area contributed by atoms with Crippen LogP contribution in [-0.2, 0) is 12.8 Å². The van der Waals surface area contributed by atoms with Crippen molar-refractivity contribution in [2.75, 3.05) is 58.7 Å². The summed E-state index contributed by atoms with van der Waals surface area (Å²) in [4.78, 5) is 29.3. The molecule has 0 saturated heterocycles. The van der Waals surface area contributed by atoms with Gasteiger partial charge in [0.25, 0.3) is 0 Å². The van der Waals surface area contributed by atoms with Crippen LogP contribution in [0.25, 0.3) is 94.2 Å². The number of aryl methyl sites for hydroxylation is 2. The van der Waals surface area contributed by atoms with Crippen molar-refractivity contribution in [1.29, 1.82) is 0 Å². The second-order valence-electron chi connectivity index (χ2n) is 20.0. The molecule has 0 saturated carbocycles. The quantitative estimate of drug-likeness (QED) is 0.0620. The first-order valence-electron chi connectivity index (χ1n) is 25.4. The molecule has 4 aromatic carbocycles. The van der Waals surface area contributed by atoms with Crippen molar-refractivity contribution in [1.82, 2.24) is 50.0 Å². The molecule has 0 atom stereocenters. The summed E-state index contributed by atoms with van der Waals surface area (Å²) >= 11 is 0. The lowest BCUT2D eigenvalue weighted by atomic mass is 9.96. The Labute approximate surface area is 440 Å². The predicted molar refractivity (Wildman–Crippen MR) is 305 cm³/mol. The third-order valence-electron chi connectivity index (χ3n) is 14.0. The van der Waals surface area contributed by atoms with E-state index in [1.807, 2.05) is 76.9 Å². The molecular formula is C62H58F2N12. The van der Waals surface area contributed by atoms with Crippen molar-refractivity contribution in [2.24, 2.45) is 0 Å². The number of fused-ring (bicyclic) bond motifs is 3. The number of anilines is 2. The van der Waals surface area contributed by atoms with Gasteiger partial charge in [-0.25, -0.2) is 13.8 Å². The molecule has 0 bridgehead atoms. The van der Waals surface area contributed by atoms with Gasteiger partial charge in [-0.3, -0.25) is 25.0 Å². The zero-order valence-electron chi connectivity index (χ0n) is 43.2. The minimum atomic E-state index is -0.307. The molecule has 0 amide bonds. The van der Waals surface area contributed by atoms with Crippen molar-refractivity contribution in [2.45, 2.75) is 25.7 Å². The summed E-state index contributed by atoms with van der Waals surface area (Å²) in [5.41, 5.74) is 21.2. The lowest BCUT2D eigenvalue weighted by Gasteiger charge is -2.23. The second kappa shape index (κ2) is 21.2. The maximum absolute atomic E-state index is 15.6. The molecule has 12 nitrogen and oxygen atoms in total. The number of hydrogen-bond acceptors (Lipinski definition) is 9. The lowest BCUT2D eigenvalue weighted by Crippen LogP contribution is -2.27. The van der Waals surface area contributed by atoms with Crippen molar-refractivity contribution in [3.8, 4) is 55.9 Å².